The van der Waals surface area contributed by atoms with Gasteiger partial charge in [0, 0.05) is 10.7 Å². The fraction of sp³-hybridized carbons (Fsp3) is 0.125. The molecule has 2 aromatic carbocycles. The van der Waals surface area contributed by atoms with Gasteiger partial charge >= 0.3 is 0 Å². The summed E-state index contributed by atoms with van der Waals surface area (Å²) >= 11 is 1.80. The molecule has 2 aromatic rings. The molecule has 0 aromatic heterocycles. The summed E-state index contributed by atoms with van der Waals surface area (Å²) in [5.74, 6) is 0.980. The van der Waals surface area contributed by atoms with E-state index in [1.54, 1.807) is 11.8 Å². The van der Waals surface area contributed by atoms with Crippen molar-refractivity contribution in [1.82, 2.24) is 0 Å². The van der Waals surface area contributed by atoms with Crippen molar-refractivity contribution in [3.05, 3.63) is 77.9 Å². The Balaban J connectivity index is 2.01. The lowest BCUT2D eigenvalue weighted by atomic mass is 10.1. The standard InChI is InChI=1S/C16H16S/c1-13-8-6-7-11-16(13)14(2)17-12-15-9-4-3-5-10-15/h3-11H,2,12H2,1H3. The summed E-state index contributed by atoms with van der Waals surface area (Å²) < 4.78 is 0. The molecule has 1 heteroatoms. The Morgan fingerprint density at radius 3 is 2.35 bits per heavy atom. The Labute approximate surface area is 107 Å². The SMILES string of the molecule is C=C(SCc1ccccc1)c1ccccc1C. The van der Waals surface area contributed by atoms with Crippen LogP contribution in [0.4, 0.5) is 0 Å². The Hall–Kier alpha value is -1.47. The van der Waals surface area contributed by atoms with Gasteiger partial charge in [0.25, 0.3) is 0 Å². The van der Waals surface area contributed by atoms with Crippen LogP contribution in [-0.4, -0.2) is 0 Å². The Morgan fingerprint density at radius 2 is 1.65 bits per heavy atom. The molecule has 0 aliphatic carbocycles. The summed E-state index contributed by atoms with van der Waals surface area (Å²) in [5, 5.41) is 0. The first-order valence-electron chi connectivity index (χ1n) is 5.69. The van der Waals surface area contributed by atoms with Crippen molar-refractivity contribution in [2.45, 2.75) is 12.7 Å². The van der Waals surface area contributed by atoms with Crippen molar-refractivity contribution < 1.29 is 0 Å². The van der Waals surface area contributed by atoms with Gasteiger partial charge in [-0.2, -0.15) is 0 Å². The molecule has 0 unspecified atom stereocenters. The Bertz CT molecular complexity index is 500. The summed E-state index contributed by atoms with van der Waals surface area (Å²) in [7, 11) is 0. The maximum Gasteiger partial charge on any atom is 0.0231 e. The average Bonchev–Trinajstić information content (AvgIpc) is 2.38. The van der Waals surface area contributed by atoms with Crippen LogP contribution >= 0.6 is 11.8 Å². The van der Waals surface area contributed by atoms with E-state index in [1.807, 2.05) is 6.07 Å². The third kappa shape index (κ3) is 3.24. The van der Waals surface area contributed by atoms with Crippen molar-refractivity contribution >= 4 is 16.7 Å². The topological polar surface area (TPSA) is 0 Å². The zero-order valence-corrected chi connectivity index (χ0v) is 10.8. The lowest BCUT2D eigenvalue weighted by Gasteiger charge is -2.08. The molecular weight excluding hydrogens is 224 g/mol. The predicted octanol–water partition coefficient (Wildman–Crippen LogP) is 4.90. The third-order valence-electron chi connectivity index (χ3n) is 2.70. The largest absolute Gasteiger partial charge is 0.121 e. The molecule has 0 aliphatic rings. The molecular formula is C16H16S. The molecule has 0 saturated carbocycles. The van der Waals surface area contributed by atoms with Crippen LogP contribution in [-0.2, 0) is 5.75 Å². The fourth-order valence-electron chi connectivity index (χ4n) is 1.71. The predicted molar refractivity (Wildman–Crippen MR) is 78.0 cm³/mol. The molecule has 0 radical (unpaired) electrons. The number of aryl methyl sites for hydroxylation is 1. The first-order valence-corrected chi connectivity index (χ1v) is 6.67. The summed E-state index contributed by atoms with van der Waals surface area (Å²) in [6.07, 6.45) is 0. The highest BCUT2D eigenvalue weighted by Gasteiger charge is 2.02. The van der Waals surface area contributed by atoms with Crippen molar-refractivity contribution in [2.75, 3.05) is 0 Å². The number of benzene rings is 2. The van der Waals surface area contributed by atoms with Crippen molar-refractivity contribution in [1.29, 1.82) is 0 Å². The van der Waals surface area contributed by atoms with Crippen molar-refractivity contribution in [3.63, 3.8) is 0 Å². The number of hydrogen-bond donors (Lipinski definition) is 0. The minimum Gasteiger partial charge on any atom is -0.121 e. The summed E-state index contributed by atoms with van der Waals surface area (Å²) in [4.78, 5) is 1.15. The van der Waals surface area contributed by atoms with E-state index in [4.69, 9.17) is 0 Å². The zero-order chi connectivity index (χ0) is 12.1. The third-order valence-corrected chi connectivity index (χ3v) is 3.75. The molecule has 0 spiro atoms. The highest BCUT2D eigenvalue weighted by molar-refractivity contribution is 8.07. The molecule has 0 bridgehead atoms. The fourth-order valence-corrected chi connectivity index (χ4v) is 2.63. The van der Waals surface area contributed by atoms with Crippen molar-refractivity contribution in [3.8, 4) is 0 Å². The van der Waals surface area contributed by atoms with Gasteiger partial charge in [0.15, 0.2) is 0 Å². The van der Waals surface area contributed by atoms with Gasteiger partial charge in [0.05, 0.1) is 0 Å². The summed E-state index contributed by atoms with van der Waals surface area (Å²) in [5.41, 5.74) is 3.89. The molecule has 0 fully saturated rings. The van der Waals surface area contributed by atoms with Gasteiger partial charge in [-0.05, 0) is 23.6 Å². The van der Waals surface area contributed by atoms with Gasteiger partial charge in [0.2, 0.25) is 0 Å². The van der Waals surface area contributed by atoms with Crippen LogP contribution in [0, 0.1) is 6.92 Å². The number of thioether (sulfide) groups is 1. The maximum atomic E-state index is 4.16. The van der Waals surface area contributed by atoms with Crippen LogP contribution in [0.1, 0.15) is 16.7 Å². The smallest absolute Gasteiger partial charge is 0.0231 e. The van der Waals surface area contributed by atoms with Gasteiger partial charge in [-0.1, -0.05) is 61.2 Å². The second-order valence-corrected chi connectivity index (χ2v) is 5.08. The Morgan fingerprint density at radius 1 is 1.00 bits per heavy atom. The molecule has 0 aliphatic heterocycles. The molecule has 17 heavy (non-hydrogen) atoms. The Kier molecular flexibility index (Phi) is 4.05. The van der Waals surface area contributed by atoms with Crippen LogP contribution in [0.25, 0.3) is 4.91 Å². The van der Waals surface area contributed by atoms with Gasteiger partial charge in [-0.15, -0.1) is 11.8 Å². The molecule has 2 rings (SSSR count). The lowest BCUT2D eigenvalue weighted by Crippen LogP contribution is -1.85. The van der Waals surface area contributed by atoms with Gasteiger partial charge in [-0.3, -0.25) is 0 Å². The molecule has 0 N–H and O–H groups in total. The first-order chi connectivity index (χ1) is 8.27. The first kappa shape index (κ1) is 12.0. The molecule has 86 valence electrons. The highest BCUT2D eigenvalue weighted by Crippen LogP contribution is 2.30. The quantitative estimate of drug-likeness (QED) is 0.732. The molecule has 0 nitrogen and oxygen atoms in total. The van der Waals surface area contributed by atoms with Crippen molar-refractivity contribution in [2.24, 2.45) is 0 Å². The number of hydrogen-bond acceptors (Lipinski definition) is 1. The van der Waals surface area contributed by atoms with E-state index in [9.17, 15) is 0 Å². The van der Waals surface area contributed by atoms with E-state index in [-0.39, 0.29) is 0 Å². The lowest BCUT2D eigenvalue weighted by molar-refractivity contribution is 1.42. The monoisotopic (exact) mass is 240 g/mol. The summed E-state index contributed by atoms with van der Waals surface area (Å²) in [6, 6.07) is 18.9. The second kappa shape index (κ2) is 5.74. The second-order valence-electron chi connectivity index (χ2n) is 4.01. The van der Waals surface area contributed by atoms with Crippen LogP contribution in [0.2, 0.25) is 0 Å². The van der Waals surface area contributed by atoms with E-state index in [0.717, 1.165) is 10.7 Å². The van der Waals surface area contributed by atoms with E-state index in [1.165, 1.54) is 16.7 Å². The maximum absolute atomic E-state index is 4.16. The minimum absolute atomic E-state index is 0.980. The molecule has 0 atom stereocenters. The van der Waals surface area contributed by atoms with E-state index in [0.29, 0.717) is 0 Å². The minimum atomic E-state index is 0.980. The van der Waals surface area contributed by atoms with Crippen LogP contribution < -0.4 is 0 Å². The molecule has 0 amide bonds. The van der Waals surface area contributed by atoms with Gasteiger partial charge in [0.1, 0.15) is 0 Å². The molecule has 0 heterocycles. The summed E-state index contributed by atoms with van der Waals surface area (Å²) in [6.45, 7) is 6.29. The van der Waals surface area contributed by atoms with Gasteiger partial charge < -0.3 is 0 Å². The van der Waals surface area contributed by atoms with Crippen LogP contribution in [0.5, 0.6) is 0 Å². The van der Waals surface area contributed by atoms with E-state index >= 15 is 0 Å². The van der Waals surface area contributed by atoms with Crippen LogP contribution in [0.3, 0.4) is 0 Å². The zero-order valence-electron chi connectivity index (χ0n) is 10.0. The normalized spacial score (nSPS) is 10.2. The average molecular weight is 240 g/mol. The molecule has 0 saturated heterocycles. The highest BCUT2D eigenvalue weighted by atomic mass is 32.2. The van der Waals surface area contributed by atoms with Crippen LogP contribution in [0.15, 0.2) is 61.2 Å². The van der Waals surface area contributed by atoms with Gasteiger partial charge in [-0.25, -0.2) is 0 Å². The van der Waals surface area contributed by atoms with E-state index < -0.39 is 0 Å². The van der Waals surface area contributed by atoms with E-state index in [2.05, 4.69) is 62.0 Å². The number of rotatable bonds is 4.